The number of aryl methyl sites for hydroxylation is 1. The summed E-state index contributed by atoms with van der Waals surface area (Å²) in [6.45, 7) is 3.31. The van der Waals surface area contributed by atoms with Gasteiger partial charge in [-0.3, -0.25) is 0 Å². The van der Waals surface area contributed by atoms with E-state index in [1.165, 1.54) is 0 Å². The maximum atomic E-state index is 5.93. The number of nitrogens with zero attached hydrogens (tertiary/aromatic N) is 3. The van der Waals surface area contributed by atoms with Crippen molar-refractivity contribution < 1.29 is 9.47 Å². The number of benzene rings is 1. The Morgan fingerprint density at radius 2 is 2.20 bits per heavy atom. The molecule has 0 saturated carbocycles. The smallest absolute Gasteiger partial charge is 0.164 e. The quantitative estimate of drug-likeness (QED) is 0.737. The van der Waals surface area contributed by atoms with Crippen LogP contribution in [0.2, 0.25) is 0 Å². The van der Waals surface area contributed by atoms with Gasteiger partial charge >= 0.3 is 0 Å². The highest BCUT2D eigenvalue weighted by atomic mass is 35.5. The van der Waals surface area contributed by atoms with E-state index >= 15 is 0 Å². The van der Waals surface area contributed by atoms with Gasteiger partial charge in [0.25, 0.3) is 0 Å². The number of alkyl halides is 1. The van der Waals surface area contributed by atoms with Crippen LogP contribution in [0.3, 0.4) is 0 Å². The average Bonchev–Trinajstić information content (AvgIpc) is 2.92. The summed E-state index contributed by atoms with van der Waals surface area (Å²) in [6, 6.07) is 5.58. The van der Waals surface area contributed by atoms with Gasteiger partial charge in [-0.25, -0.2) is 9.67 Å². The van der Waals surface area contributed by atoms with Gasteiger partial charge in [0.05, 0.1) is 13.0 Å². The molecular weight excluding hydrogens is 278 g/mol. The second-order valence-electron chi connectivity index (χ2n) is 4.30. The van der Waals surface area contributed by atoms with Gasteiger partial charge in [-0.2, -0.15) is 5.10 Å². The Balaban J connectivity index is 2.08. The van der Waals surface area contributed by atoms with Crippen LogP contribution >= 0.6 is 11.6 Å². The molecule has 6 heteroatoms. The van der Waals surface area contributed by atoms with E-state index in [0.29, 0.717) is 12.5 Å². The van der Waals surface area contributed by atoms with Gasteiger partial charge in [0, 0.05) is 12.1 Å². The van der Waals surface area contributed by atoms with Crippen molar-refractivity contribution in [3.63, 3.8) is 0 Å². The summed E-state index contributed by atoms with van der Waals surface area (Å²) < 4.78 is 12.8. The highest BCUT2D eigenvalue weighted by Gasteiger charge is 2.08. The van der Waals surface area contributed by atoms with E-state index in [1.807, 2.05) is 22.9 Å². The largest absolute Gasteiger partial charge is 0.497 e. The van der Waals surface area contributed by atoms with Crippen molar-refractivity contribution in [2.75, 3.05) is 7.11 Å². The van der Waals surface area contributed by atoms with Gasteiger partial charge in [-0.15, -0.1) is 11.6 Å². The Bertz CT molecular complexity index is 557. The normalized spacial score (nSPS) is 10.6. The molecule has 0 fully saturated rings. The van der Waals surface area contributed by atoms with Crippen molar-refractivity contribution in [3.05, 3.63) is 35.9 Å². The van der Waals surface area contributed by atoms with E-state index in [9.17, 15) is 0 Å². The fraction of sp³-hybridized carbons (Fsp3) is 0.429. The molecule has 0 aliphatic carbocycles. The van der Waals surface area contributed by atoms with E-state index in [0.717, 1.165) is 35.9 Å². The van der Waals surface area contributed by atoms with Crippen molar-refractivity contribution >= 4 is 11.6 Å². The molecule has 0 spiro atoms. The number of aromatic nitrogens is 3. The molecule has 0 radical (unpaired) electrons. The number of hydrogen-bond donors (Lipinski definition) is 0. The molecule has 20 heavy (non-hydrogen) atoms. The maximum Gasteiger partial charge on any atom is 0.164 e. The van der Waals surface area contributed by atoms with Crippen molar-refractivity contribution in [2.45, 2.75) is 32.4 Å². The maximum absolute atomic E-state index is 5.93. The lowest BCUT2D eigenvalue weighted by Crippen LogP contribution is -2.09. The Kier molecular flexibility index (Phi) is 5.24. The van der Waals surface area contributed by atoms with Crippen LogP contribution in [0, 0.1) is 0 Å². The molecule has 2 aromatic rings. The second-order valence-corrected chi connectivity index (χ2v) is 4.56. The van der Waals surface area contributed by atoms with Crippen molar-refractivity contribution in [1.29, 1.82) is 0 Å². The number of methoxy groups -OCH3 is 1. The molecule has 1 heterocycles. The third kappa shape index (κ3) is 3.42. The first kappa shape index (κ1) is 14.7. The molecule has 0 amide bonds. The van der Waals surface area contributed by atoms with Gasteiger partial charge in [0.1, 0.15) is 24.4 Å². The van der Waals surface area contributed by atoms with Crippen molar-refractivity contribution in [2.24, 2.45) is 0 Å². The molecule has 0 saturated heterocycles. The topological polar surface area (TPSA) is 49.2 Å². The fourth-order valence-electron chi connectivity index (χ4n) is 1.87. The number of rotatable bonds is 7. The third-order valence-electron chi connectivity index (χ3n) is 2.90. The monoisotopic (exact) mass is 295 g/mol. The molecule has 0 bridgehead atoms. The van der Waals surface area contributed by atoms with Gasteiger partial charge < -0.3 is 9.47 Å². The first-order chi connectivity index (χ1) is 9.78. The van der Waals surface area contributed by atoms with Crippen LogP contribution in [0.5, 0.6) is 11.5 Å². The fourth-order valence-corrected chi connectivity index (χ4v) is 2.08. The minimum Gasteiger partial charge on any atom is -0.497 e. The van der Waals surface area contributed by atoms with Crippen LogP contribution in [0.15, 0.2) is 24.5 Å². The molecule has 0 N–H and O–H groups in total. The Hall–Kier alpha value is -1.75. The summed E-state index contributed by atoms with van der Waals surface area (Å²) in [5, 5.41) is 4.17. The van der Waals surface area contributed by atoms with Crippen LogP contribution in [0.1, 0.15) is 24.7 Å². The summed E-state index contributed by atoms with van der Waals surface area (Å²) in [5.74, 6) is 2.69. The minimum atomic E-state index is 0.369. The van der Waals surface area contributed by atoms with Crippen molar-refractivity contribution in [3.8, 4) is 11.5 Å². The van der Waals surface area contributed by atoms with E-state index in [-0.39, 0.29) is 0 Å². The first-order valence-corrected chi connectivity index (χ1v) is 7.04. The summed E-state index contributed by atoms with van der Waals surface area (Å²) in [6.07, 6.45) is 2.55. The molecule has 1 aromatic carbocycles. The zero-order valence-corrected chi connectivity index (χ0v) is 12.4. The molecular formula is C14H18ClN3O2. The highest BCUT2D eigenvalue weighted by molar-refractivity contribution is 6.17. The van der Waals surface area contributed by atoms with E-state index in [1.54, 1.807) is 13.4 Å². The Labute approximate surface area is 123 Å². The molecule has 0 unspecified atom stereocenters. The van der Waals surface area contributed by atoms with Gasteiger partial charge in [-0.1, -0.05) is 6.92 Å². The summed E-state index contributed by atoms with van der Waals surface area (Å²) >= 11 is 5.93. The zero-order valence-electron chi connectivity index (χ0n) is 11.7. The summed E-state index contributed by atoms with van der Waals surface area (Å²) in [4.78, 5) is 4.21. The van der Waals surface area contributed by atoms with Crippen LogP contribution in [0.4, 0.5) is 0 Å². The molecule has 1 aromatic heterocycles. The van der Waals surface area contributed by atoms with Crippen LogP contribution in [0.25, 0.3) is 0 Å². The molecule has 108 valence electrons. The highest BCUT2D eigenvalue weighted by Crippen LogP contribution is 2.26. The average molecular weight is 296 g/mol. The predicted molar refractivity (Wildman–Crippen MR) is 77.2 cm³/mol. The van der Waals surface area contributed by atoms with Crippen LogP contribution < -0.4 is 9.47 Å². The summed E-state index contributed by atoms with van der Waals surface area (Å²) in [7, 11) is 1.63. The van der Waals surface area contributed by atoms with Crippen LogP contribution in [-0.4, -0.2) is 21.9 Å². The lowest BCUT2D eigenvalue weighted by atomic mass is 10.2. The van der Waals surface area contributed by atoms with E-state index in [2.05, 4.69) is 17.0 Å². The summed E-state index contributed by atoms with van der Waals surface area (Å²) in [5.41, 5.74) is 0.896. The second kappa shape index (κ2) is 7.14. The third-order valence-corrected chi connectivity index (χ3v) is 3.19. The lowest BCUT2D eigenvalue weighted by molar-refractivity contribution is 0.283. The zero-order chi connectivity index (χ0) is 14.4. The minimum absolute atomic E-state index is 0.369. The Morgan fingerprint density at radius 3 is 2.90 bits per heavy atom. The molecule has 5 nitrogen and oxygen atoms in total. The Morgan fingerprint density at radius 1 is 1.35 bits per heavy atom. The van der Waals surface area contributed by atoms with Gasteiger partial charge in [0.2, 0.25) is 0 Å². The van der Waals surface area contributed by atoms with Crippen LogP contribution in [-0.2, 0) is 19.0 Å². The first-order valence-electron chi connectivity index (χ1n) is 6.50. The molecule has 0 aliphatic rings. The van der Waals surface area contributed by atoms with Crippen molar-refractivity contribution in [1.82, 2.24) is 14.8 Å². The lowest BCUT2D eigenvalue weighted by Gasteiger charge is -2.11. The number of ether oxygens (including phenoxy) is 2. The number of hydrogen-bond acceptors (Lipinski definition) is 4. The standard InChI is InChI=1S/C14H18ClN3O2/c1-3-6-18-14(16-10-17-18)9-20-13-5-4-12(19-2)7-11(13)8-15/h4-5,7,10H,3,6,8-9H2,1-2H3. The molecule has 2 rings (SSSR count). The molecule has 0 atom stereocenters. The van der Waals surface area contributed by atoms with E-state index < -0.39 is 0 Å². The SMILES string of the molecule is CCCn1ncnc1COc1ccc(OC)cc1CCl. The molecule has 0 aliphatic heterocycles. The number of halogens is 1. The van der Waals surface area contributed by atoms with Gasteiger partial charge in [0.15, 0.2) is 5.82 Å². The van der Waals surface area contributed by atoms with E-state index in [4.69, 9.17) is 21.1 Å². The van der Waals surface area contributed by atoms with Gasteiger partial charge in [-0.05, 0) is 24.6 Å². The predicted octanol–water partition coefficient (Wildman–Crippen LogP) is 3.01.